The number of rotatable bonds is 7. The quantitative estimate of drug-likeness (QED) is 0.219. The van der Waals surface area contributed by atoms with Crippen molar-refractivity contribution < 1.29 is 9.90 Å². The molecule has 0 spiro atoms. The van der Waals surface area contributed by atoms with E-state index in [0.29, 0.717) is 19.5 Å². The Kier molecular flexibility index (Phi) is 9.87. The second kappa shape index (κ2) is 11.9. The van der Waals surface area contributed by atoms with Gasteiger partial charge in [-0.2, -0.15) is 0 Å². The molecule has 3 rings (SSSR count). The van der Waals surface area contributed by atoms with Crippen LogP contribution in [0.1, 0.15) is 57.9 Å². The molecule has 2 unspecified atom stereocenters. The highest BCUT2D eigenvalue weighted by atomic mass is 127. The van der Waals surface area contributed by atoms with E-state index in [1.807, 2.05) is 30.0 Å². The van der Waals surface area contributed by atoms with E-state index in [-0.39, 0.29) is 41.4 Å². The summed E-state index contributed by atoms with van der Waals surface area (Å²) in [4.78, 5) is 19.3. The number of benzene rings is 1. The van der Waals surface area contributed by atoms with Crippen LogP contribution >= 0.6 is 24.0 Å². The van der Waals surface area contributed by atoms with E-state index in [4.69, 9.17) is 4.99 Å². The molecule has 6 nitrogen and oxygen atoms in total. The summed E-state index contributed by atoms with van der Waals surface area (Å²) in [5.41, 5.74) is 2.19. The number of amides is 1. The van der Waals surface area contributed by atoms with Crippen molar-refractivity contribution in [3.05, 3.63) is 29.8 Å². The standard InChI is InChI=1S/C23H36N4O2.HI/c1-3-24-22(26-17-23(2)14-7-6-11-20(23)28)25-15-8-12-21(29)27-16-13-18-9-4-5-10-19(18)27;/h4-5,9-10,20,28H,3,6-8,11-17H2,1-2H3,(H2,24,25,26);1H. The Morgan fingerprint density at radius 1 is 1.30 bits per heavy atom. The first-order valence-electron chi connectivity index (χ1n) is 11.1. The Balaban J connectivity index is 0.00000320. The van der Waals surface area contributed by atoms with Crippen LogP contribution in [0.2, 0.25) is 0 Å². The summed E-state index contributed by atoms with van der Waals surface area (Å²) in [5, 5.41) is 17.0. The summed E-state index contributed by atoms with van der Waals surface area (Å²) in [6.45, 7) is 7.07. The molecule has 1 aliphatic heterocycles. The lowest BCUT2D eigenvalue weighted by atomic mass is 9.73. The minimum absolute atomic E-state index is 0. The fourth-order valence-electron chi connectivity index (χ4n) is 4.35. The highest BCUT2D eigenvalue weighted by Crippen LogP contribution is 2.36. The molecule has 1 aromatic rings. The van der Waals surface area contributed by atoms with Gasteiger partial charge >= 0.3 is 0 Å². The van der Waals surface area contributed by atoms with Crippen molar-refractivity contribution in [1.82, 2.24) is 10.6 Å². The van der Waals surface area contributed by atoms with Crippen LogP contribution in [-0.2, 0) is 11.2 Å². The molecule has 1 aromatic carbocycles. The van der Waals surface area contributed by atoms with E-state index in [1.165, 1.54) is 5.56 Å². The van der Waals surface area contributed by atoms with E-state index in [2.05, 4.69) is 23.6 Å². The van der Waals surface area contributed by atoms with Gasteiger partial charge in [-0.1, -0.05) is 38.0 Å². The number of anilines is 1. The molecule has 1 fully saturated rings. The third-order valence-corrected chi connectivity index (χ3v) is 6.27. The zero-order valence-electron chi connectivity index (χ0n) is 18.3. The fourth-order valence-corrected chi connectivity index (χ4v) is 4.35. The van der Waals surface area contributed by atoms with Gasteiger partial charge in [-0.15, -0.1) is 24.0 Å². The lowest BCUT2D eigenvalue weighted by Gasteiger charge is -2.37. The number of hydrogen-bond donors (Lipinski definition) is 3. The van der Waals surface area contributed by atoms with Crippen molar-refractivity contribution >= 4 is 41.5 Å². The first-order valence-corrected chi connectivity index (χ1v) is 11.1. The van der Waals surface area contributed by atoms with E-state index in [9.17, 15) is 9.90 Å². The van der Waals surface area contributed by atoms with Gasteiger partial charge in [0.25, 0.3) is 0 Å². The molecule has 3 N–H and O–H groups in total. The van der Waals surface area contributed by atoms with Gasteiger partial charge in [0, 0.05) is 37.2 Å². The number of aliphatic imine (C=N–C) groups is 1. The minimum atomic E-state index is -0.274. The van der Waals surface area contributed by atoms with E-state index in [1.54, 1.807) is 0 Å². The Morgan fingerprint density at radius 2 is 2.10 bits per heavy atom. The lowest BCUT2D eigenvalue weighted by molar-refractivity contribution is -0.118. The topological polar surface area (TPSA) is 77.0 Å². The first-order chi connectivity index (χ1) is 14.0. The molecule has 2 atom stereocenters. The number of nitrogens with one attached hydrogen (secondary N) is 2. The number of guanidine groups is 1. The summed E-state index contributed by atoms with van der Waals surface area (Å²) < 4.78 is 0. The van der Waals surface area contributed by atoms with Gasteiger partial charge in [-0.25, -0.2) is 0 Å². The molecule has 0 radical (unpaired) electrons. The van der Waals surface area contributed by atoms with Crippen molar-refractivity contribution in [2.45, 2.75) is 64.9 Å². The number of aliphatic hydroxyl groups excluding tert-OH is 1. The number of carbonyl (C=O) groups is 1. The molecule has 1 amide bonds. The summed E-state index contributed by atoms with van der Waals surface area (Å²) in [6, 6.07) is 8.17. The molecular weight excluding hydrogens is 491 g/mol. The monoisotopic (exact) mass is 528 g/mol. The van der Waals surface area contributed by atoms with Crippen molar-refractivity contribution in [2.24, 2.45) is 10.4 Å². The minimum Gasteiger partial charge on any atom is -0.392 e. The fraction of sp³-hybridized carbons (Fsp3) is 0.652. The van der Waals surface area contributed by atoms with Crippen molar-refractivity contribution in [2.75, 3.05) is 31.1 Å². The largest absolute Gasteiger partial charge is 0.392 e. The van der Waals surface area contributed by atoms with Gasteiger partial charge in [-0.3, -0.25) is 9.79 Å². The van der Waals surface area contributed by atoms with E-state index in [0.717, 1.165) is 63.3 Å². The van der Waals surface area contributed by atoms with Gasteiger partial charge in [0.1, 0.15) is 0 Å². The van der Waals surface area contributed by atoms with E-state index < -0.39 is 0 Å². The number of aliphatic hydroxyl groups is 1. The zero-order valence-corrected chi connectivity index (χ0v) is 20.7. The molecule has 7 heteroatoms. The molecule has 1 heterocycles. The van der Waals surface area contributed by atoms with E-state index >= 15 is 0 Å². The molecule has 1 aliphatic carbocycles. The van der Waals surface area contributed by atoms with Crippen LogP contribution in [0.4, 0.5) is 5.69 Å². The average molecular weight is 528 g/mol. The second-order valence-corrected chi connectivity index (χ2v) is 8.57. The Hall–Kier alpha value is -1.35. The molecule has 30 heavy (non-hydrogen) atoms. The third-order valence-electron chi connectivity index (χ3n) is 6.27. The smallest absolute Gasteiger partial charge is 0.227 e. The molecular formula is C23H37IN4O2. The molecule has 168 valence electrons. The number of carbonyl (C=O) groups excluding carboxylic acids is 1. The Labute approximate surface area is 197 Å². The van der Waals surface area contributed by atoms with Crippen LogP contribution in [0.15, 0.2) is 29.3 Å². The summed E-state index contributed by atoms with van der Waals surface area (Å²) >= 11 is 0. The maximum absolute atomic E-state index is 12.6. The number of fused-ring (bicyclic) bond motifs is 1. The Morgan fingerprint density at radius 3 is 2.87 bits per heavy atom. The second-order valence-electron chi connectivity index (χ2n) is 8.57. The van der Waals surface area contributed by atoms with Crippen LogP contribution in [0.3, 0.4) is 0 Å². The van der Waals surface area contributed by atoms with Crippen LogP contribution < -0.4 is 15.5 Å². The molecule has 0 aromatic heterocycles. The number of para-hydroxylation sites is 1. The van der Waals surface area contributed by atoms with Crippen LogP contribution in [0.25, 0.3) is 0 Å². The van der Waals surface area contributed by atoms with Gasteiger partial charge in [-0.05, 0) is 44.2 Å². The number of hydrogen-bond acceptors (Lipinski definition) is 3. The molecule has 1 saturated carbocycles. The zero-order chi connectivity index (χ0) is 20.7. The van der Waals surface area contributed by atoms with Gasteiger partial charge in [0.05, 0.1) is 12.6 Å². The summed E-state index contributed by atoms with van der Waals surface area (Å²) in [5.74, 6) is 0.960. The van der Waals surface area contributed by atoms with Gasteiger partial charge in [0.2, 0.25) is 5.91 Å². The summed E-state index contributed by atoms with van der Waals surface area (Å²) in [6.07, 6.45) is 6.12. The number of halogens is 1. The SMILES string of the molecule is CCNC(=NCC1(C)CCCCC1O)NCCCC(=O)N1CCc2ccccc21.I. The highest BCUT2D eigenvalue weighted by molar-refractivity contribution is 14.0. The van der Waals surface area contributed by atoms with Crippen LogP contribution in [0, 0.1) is 5.41 Å². The van der Waals surface area contributed by atoms with Crippen LogP contribution in [-0.4, -0.2) is 49.3 Å². The van der Waals surface area contributed by atoms with Crippen molar-refractivity contribution in [1.29, 1.82) is 0 Å². The predicted octanol–water partition coefficient (Wildman–Crippen LogP) is 3.47. The molecule has 2 aliphatic rings. The normalized spacial score (nSPS) is 23.5. The molecule has 0 saturated heterocycles. The summed E-state index contributed by atoms with van der Waals surface area (Å²) in [7, 11) is 0. The molecule has 0 bridgehead atoms. The third kappa shape index (κ3) is 6.33. The maximum Gasteiger partial charge on any atom is 0.227 e. The van der Waals surface area contributed by atoms with Gasteiger partial charge in [0.15, 0.2) is 5.96 Å². The van der Waals surface area contributed by atoms with Crippen molar-refractivity contribution in [3.63, 3.8) is 0 Å². The van der Waals surface area contributed by atoms with Gasteiger partial charge < -0.3 is 20.6 Å². The Bertz CT molecular complexity index is 727. The first kappa shape index (κ1) is 24.9. The lowest BCUT2D eigenvalue weighted by Crippen LogP contribution is -2.42. The average Bonchev–Trinajstić information content (AvgIpc) is 3.16. The maximum atomic E-state index is 12.6. The predicted molar refractivity (Wildman–Crippen MR) is 134 cm³/mol. The number of nitrogens with zero attached hydrogens (tertiary/aromatic N) is 2. The highest BCUT2D eigenvalue weighted by Gasteiger charge is 2.35. The van der Waals surface area contributed by atoms with Crippen molar-refractivity contribution in [3.8, 4) is 0 Å². The van der Waals surface area contributed by atoms with Crippen LogP contribution in [0.5, 0.6) is 0 Å².